The summed E-state index contributed by atoms with van der Waals surface area (Å²) in [6, 6.07) is 5.57. The average Bonchev–Trinajstić information content (AvgIpc) is 2.87. The van der Waals surface area contributed by atoms with Gasteiger partial charge in [0, 0.05) is 19.0 Å². The van der Waals surface area contributed by atoms with E-state index < -0.39 is 0 Å². The van der Waals surface area contributed by atoms with E-state index in [2.05, 4.69) is 22.5 Å². The minimum atomic E-state index is 0. The van der Waals surface area contributed by atoms with Gasteiger partial charge in [-0.2, -0.15) is 0 Å². The van der Waals surface area contributed by atoms with Crippen LogP contribution in [0.4, 0.5) is 5.69 Å². The molecule has 1 fully saturated rings. The van der Waals surface area contributed by atoms with Crippen molar-refractivity contribution < 1.29 is 9.21 Å². The molecule has 1 saturated heterocycles. The zero-order valence-corrected chi connectivity index (χ0v) is 15.6. The molecule has 0 aliphatic carbocycles. The van der Waals surface area contributed by atoms with Crippen molar-refractivity contribution in [2.75, 3.05) is 18.4 Å². The maximum Gasteiger partial charge on any atom is 0.224 e. The van der Waals surface area contributed by atoms with Crippen molar-refractivity contribution in [3.8, 4) is 0 Å². The van der Waals surface area contributed by atoms with Crippen molar-refractivity contribution in [1.82, 2.24) is 10.3 Å². The molecule has 1 aromatic heterocycles. The molecule has 1 atom stereocenters. The number of carbonyl (C=O) groups excluding carboxylic acids is 1. The van der Waals surface area contributed by atoms with Crippen LogP contribution in [-0.2, 0) is 4.79 Å². The molecule has 2 N–H and O–H groups in total. The first kappa shape index (κ1) is 20.7. The van der Waals surface area contributed by atoms with Gasteiger partial charge >= 0.3 is 0 Å². The number of anilines is 1. The van der Waals surface area contributed by atoms with Crippen LogP contribution in [0.25, 0.3) is 11.1 Å². The minimum absolute atomic E-state index is 0. The molecule has 1 amide bonds. The number of halogens is 2. The number of rotatable bonds is 4. The normalized spacial score (nSPS) is 16.1. The van der Waals surface area contributed by atoms with Gasteiger partial charge in [0.15, 0.2) is 11.5 Å². The minimum Gasteiger partial charge on any atom is -0.441 e. The molecule has 2 aromatic rings. The predicted molar refractivity (Wildman–Crippen MR) is 101 cm³/mol. The second kappa shape index (κ2) is 9.25. The summed E-state index contributed by atoms with van der Waals surface area (Å²) in [5.74, 6) is 1.77. The number of piperidine rings is 1. The summed E-state index contributed by atoms with van der Waals surface area (Å²) < 4.78 is 5.44. The lowest BCUT2D eigenvalue weighted by molar-refractivity contribution is -0.117. The van der Waals surface area contributed by atoms with E-state index in [0.717, 1.165) is 29.9 Å². The number of nitrogens with one attached hydrogen (secondary N) is 2. The molecule has 1 aliphatic rings. The molecule has 24 heavy (non-hydrogen) atoms. The molecule has 1 aromatic carbocycles. The van der Waals surface area contributed by atoms with E-state index in [-0.39, 0.29) is 30.7 Å². The number of fused-ring (bicyclic) bond motifs is 1. The Balaban J connectivity index is 0.00000144. The van der Waals surface area contributed by atoms with Gasteiger partial charge in [0.2, 0.25) is 5.91 Å². The summed E-state index contributed by atoms with van der Waals surface area (Å²) in [6.07, 6.45) is 2.90. The molecule has 0 spiro atoms. The lowest BCUT2D eigenvalue weighted by Gasteiger charge is -2.27. The van der Waals surface area contributed by atoms with Crippen molar-refractivity contribution in [1.29, 1.82) is 0 Å². The van der Waals surface area contributed by atoms with Crippen LogP contribution in [0, 0.1) is 18.8 Å². The van der Waals surface area contributed by atoms with Crippen molar-refractivity contribution >= 4 is 47.5 Å². The van der Waals surface area contributed by atoms with Gasteiger partial charge in [-0.15, -0.1) is 24.8 Å². The summed E-state index contributed by atoms with van der Waals surface area (Å²) in [5, 5.41) is 6.34. The molecule has 0 bridgehead atoms. The largest absolute Gasteiger partial charge is 0.441 e. The predicted octanol–water partition coefficient (Wildman–Crippen LogP) is 3.94. The molecule has 5 nitrogen and oxygen atoms in total. The summed E-state index contributed by atoms with van der Waals surface area (Å²) in [5.41, 5.74) is 2.31. The van der Waals surface area contributed by atoms with Crippen LogP contribution < -0.4 is 10.6 Å². The van der Waals surface area contributed by atoms with Crippen LogP contribution in [0.5, 0.6) is 0 Å². The molecule has 0 radical (unpaired) electrons. The third-order valence-corrected chi connectivity index (χ3v) is 4.47. The van der Waals surface area contributed by atoms with Gasteiger partial charge < -0.3 is 15.1 Å². The Bertz CT molecular complexity index is 669. The topological polar surface area (TPSA) is 67.2 Å². The fourth-order valence-electron chi connectivity index (χ4n) is 3.20. The maximum atomic E-state index is 12.2. The maximum absolute atomic E-state index is 12.2. The first-order valence-corrected chi connectivity index (χ1v) is 7.99. The van der Waals surface area contributed by atoms with Crippen molar-refractivity contribution in [3.63, 3.8) is 0 Å². The van der Waals surface area contributed by atoms with Gasteiger partial charge in [-0.1, -0.05) is 6.92 Å². The van der Waals surface area contributed by atoms with Crippen LogP contribution >= 0.6 is 24.8 Å². The second-order valence-electron chi connectivity index (χ2n) is 6.23. The van der Waals surface area contributed by atoms with Crippen LogP contribution in [0.15, 0.2) is 22.6 Å². The molecule has 1 aliphatic heterocycles. The zero-order chi connectivity index (χ0) is 15.5. The van der Waals surface area contributed by atoms with E-state index in [4.69, 9.17) is 4.42 Å². The summed E-state index contributed by atoms with van der Waals surface area (Å²) >= 11 is 0. The molecule has 2 heterocycles. The summed E-state index contributed by atoms with van der Waals surface area (Å²) in [6.45, 7) is 6.14. The van der Waals surface area contributed by atoms with Gasteiger partial charge in [0.1, 0.15) is 5.52 Å². The number of carbonyl (C=O) groups is 1. The second-order valence-corrected chi connectivity index (χ2v) is 6.23. The molecular weight excluding hydrogens is 349 g/mol. The SMILES string of the molecule is Cc1nc2cc(NC(=O)CC(C)C3CCNCC3)ccc2o1.Cl.Cl. The van der Waals surface area contributed by atoms with Crippen LogP contribution in [0.2, 0.25) is 0 Å². The van der Waals surface area contributed by atoms with Gasteiger partial charge in [0.05, 0.1) is 0 Å². The molecule has 3 rings (SSSR count). The highest BCUT2D eigenvalue weighted by Gasteiger charge is 2.22. The first-order valence-electron chi connectivity index (χ1n) is 7.99. The number of hydrogen-bond acceptors (Lipinski definition) is 4. The molecular formula is C17H25Cl2N3O2. The molecule has 134 valence electrons. The van der Waals surface area contributed by atoms with Crippen LogP contribution in [0.1, 0.15) is 32.1 Å². The number of aryl methyl sites for hydroxylation is 1. The standard InChI is InChI=1S/C17H23N3O2.2ClH/c1-11(13-5-7-18-8-6-13)9-17(21)20-14-3-4-16-15(10-14)19-12(2)22-16;;/h3-4,10-11,13,18H,5-9H2,1-2H3,(H,20,21);2*1H. The van der Waals surface area contributed by atoms with E-state index in [9.17, 15) is 4.79 Å². The van der Waals surface area contributed by atoms with Crippen LogP contribution in [-0.4, -0.2) is 24.0 Å². The third-order valence-electron chi connectivity index (χ3n) is 4.47. The number of amides is 1. The summed E-state index contributed by atoms with van der Waals surface area (Å²) in [7, 11) is 0. The lowest BCUT2D eigenvalue weighted by atomic mass is 9.84. The fraction of sp³-hybridized carbons (Fsp3) is 0.529. The molecule has 7 heteroatoms. The average molecular weight is 374 g/mol. The Hall–Kier alpha value is -1.30. The summed E-state index contributed by atoms with van der Waals surface area (Å²) in [4.78, 5) is 16.5. The number of nitrogens with zero attached hydrogens (tertiary/aromatic N) is 1. The van der Waals surface area contributed by atoms with Gasteiger partial charge in [-0.05, 0) is 56.0 Å². The van der Waals surface area contributed by atoms with E-state index in [1.54, 1.807) is 0 Å². The first-order chi connectivity index (χ1) is 10.6. The lowest BCUT2D eigenvalue weighted by Crippen LogP contribution is -2.32. The highest BCUT2D eigenvalue weighted by molar-refractivity contribution is 5.92. The molecule has 1 unspecified atom stereocenters. The Labute approximate surface area is 154 Å². The van der Waals surface area contributed by atoms with Crippen molar-refractivity contribution in [2.45, 2.75) is 33.1 Å². The Morgan fingerprint density at radius 1 is 1.38 bits per heavy atom. The fourth-order valence-corrected chi connectivity index (χ4v) is 3.20. The zero-order valence-electron chi connectivity index (χ0n) is 14.0. The van der Waals surface area contributed by atoms with Crippen LogP contribution in [0.3, 0.4) is 0 Å². The Morgan fingerprint density at radius 2 is 2.08 bits per heavy atom. The van der Waals surface area contributed by atoms with E-state index in [0.29, 0.717) is 24.1 Å². The molecule has 0 saturated carbocycles. The van der Waals surface area contributed by atoms with Gasteiger partial charge in [0.25, 0.3) is 0 Å². The highest BCUT2D eigenvalue weighted by atomic mass is 35.5. The number of hydrogen-bond donors (Lipinski definition) is 2. The third kappa shape index (κ3) is 5.10. The monoisotopic (exact) mass is 373 g/mol. The quantitative estimate of drug-likeness (QED) is 0.851. The van der Waals surface area contributed by atoms with E-state index >= 15 is 0 Å². The van der Waals surface area contributed by atoms with Gasteiger partial charge in [-0.25, -0.2) is 4.98 Å². The Morgan fingerprint density at radius 3 is 2.79 bits per heavy atom. The smallest absolute Gasteiger partial charge is 0.224 e. The van der Waals surface area contributed by atoms with Crippen molar-refractivity contribution in [2.24, 2.45) is 11.8 Å². The number of benzene rings is 1. The van der Waals surface area contributed by atoms with Gasteiger partial charge in [-0.3, -0.25) is 4.79 Å². The number of aromatic nitrogens is 1. The van der Waals surface area contributed by atoms with Crippen molar-refractivity contribution in [3.05, 3.63) is 24.1 Å². The number of oxazole rings is 1. The Kier molecular flexibility index (Phi) is 8.00. The van der Waals surface area contributed by atoms with E-state index in [1.807, 2.05) is 25.1 Å². The highest BCUT2D eigenvalue weighted by Crippen LogP contribution is 2.25. The van der Waals surface area contributed by atoms with E-state index in [1.165, 1.54) is 12.8 Å².